The summed E-state index contributed by atoms with van der Waals surface area (Å²) in [6.45, 7) is 3.94. The van der Waals surface area contributed by atoms with Gasteiger partial charge in [0.05, 0.1) is 17.5 Å². The Morgan fingerprint density at radius 2 is 1.89 bits per heavy atom. The molecule has 146 valence electrons. The number of nitrogens with zero attached hydrogens (tertiary/aromatic N) is 1. The molecule has 0 spiro atoms. The average Bonchev–Trinajstić information content (AvgIpc) is 3.14. The minimum absolute atomic E-state index is 0.186. The predicted octanol–water partition coefficient (Wildman–Crippen LogP) is 5.29. The van der Waals surface area contributed by atoms with E-state index in [1.165, 1.54) is 12.1 Å². The molecule has 28 heavy (non-hydrogen) atoms. The largest absolute Gasteiger partial charge is 0.489 e. The van der Waals surface area contributed by atoms with Crippen molar-refractivity contribution in [1.29, 1.82) is 0 Å². The second kappa shape index (κ2) is 7.88. The van der Waals surface area contributed by atoms with Gasteiger partial charge in [-0.1, -0.05) is 25.1 Å². The van der Waals surface area contributed by atoms with E-state index in [1.807, 2.05) is 26.0 Å². The Bertz CT molecular complexity index is 963. The molecule has 1 unspecified atom stereocenters. The number of rotatable bonds is 6. The Hall–Kier alpha value is -3.09. The molecular weight excluding hydrogens is 369 g/mol. The number of carbonyl (C=O) groups excluding carboxylic acids is 1. The van der Waals surface area contributed by atoms with Crippen LogP contribution < -0.4 is 4.74 Å². The van der Waals surface area contributed by atoms with Crippen molar-refractivity contribution >= 4 is 6.29 Å². The van der Waals surface area contributed by atoms with Crippen LogP contribution in [0.2, 0.25) is 0 Å². The van der Waals surface area contributed by atoms with E-state index in [9.17, 15) is 18.0 Å². The highest BCUT2D eigenvalue weighted by Gasteiger charge is 2.30. The van der Waals surface area contributed by atoms with Gasteiger partial charge in [0.1, 0.15) is 18.6 Å². The number of aromatic amines is 1. The molecule has 0 amide bonds. The smallest absolute Gasteiger partial charge is 0.416 e. The van der Waals surface area contributed by atoms with Gasteiger partial charge in [0, 0.05) is 11.5 Å². The fraction of sp³-hybridized carbons (Fsp3) is 0.238. The molecule has 0 fully saturated rings. The van der Waals surface area contributed by atoms with Crippen LogP contribution >= 0.6 is 0 Å². The molecule has 0 aliphatic rings. The van der Waals surface area contributed by atoms with Crippen molar-refractivity contribution in [3.63, 3.8) is 0 Å². The standard InChI is InChI=1S/C21H19F3N2O2/c1-13-9-18(7-8-19(13)14(2)11-27)28-12-16-10-25-26-20(16)15-3-5-17(6-4-15)21(22,23)24/h3-11,14H,12H2,1-2H3,(H,25,26). The number of halogens is 3. The van der Waals surface area contributed by atoms with E-state index in [-0.39, 0.29) is 12.5 Å². The average molecular weight is 388 g/mol. The van der Waals surface area contributed by atoms with Crippen molar-refractivity contribution < 1.29 is 22.7 Å². The third-order valence-electron chi connectivity index (χ3n) is 4.55. The maximum absolute atomic E-state index is 12.7. The molecule has 0 radical (unpaired) electrons. The summed E-state index contributed by atoms with van der Waals surface area (Å²) in [7, 11) is 0. The normalized spacial score (nSPS) is 12.6. The zero-order chi connectivity index (χ0) is 20.3. The highest BCUT2D eigenvalue weighted by atomic mass is 19.4. The van der Waals surface area contributed by atoms with Gasteiger partial charge < -0.3 is 9.53 Å². The fourth-order valence-electron chi connectivity index (χ4n) is 2.98. The lowest BCUT2D eigenvalue weighted by Gasteiger charge is -2.12. The Morgan fingerprint density at radius 1 is 1.18 bits per heavy atom. The minimum atomic E-state index is -4.37. The van der Waals surface area contributed by atoms with Crippen LogP contribution in [0.5, 0.6) is 5.75 Å². The van der Waals surface area contributed by atoms with Crippen LogP contribution in [0, 0.1) is 6.92 Å². The maximum atomic E-state index is 12.7. The summed E-state index contributed by atoms with van der Waals surface area (Å²) in [5, 5.41) is 6.79. The summed E-state index contributed by atoms with van der Waals surface area (Å²) >= 11 is 0. The van der Waals surface area contributed by atoms with E-state index >= 15 is 0 Å². The summed E-state index contributed by atoms with van der Waals surface area (Å²) < 4.78 is 44.0. The van der Waals surface area contributed by atoms with Crippen molar-refractivity contribution in [1.82, 2.24) is 10.2 Å². The summed E-state index contributed by atoms with van der Waals surface area (Å²) in [4.78, 5) is 11.0. The number of benzene rings is 2. The van der Waals surface area contributed by atoms with Crippen LogP contribution in [0.15, 0.2) is 48.7 Å². The van der Waals surface area contributed by atoms with Crippen molar-refractivity contribution in [2.75, 3.05) is 0 Å². The van der Waals surface area contributed by atoms with Gasteiger partial charge in [0.15, 0.2) is 0 Å². The lowest BCUT2D eigenvalue weighted by molar-refractivity contribution is -0.137. The Balaban J connectivity index is 1.74. The van der Waals surface area contributed by atoms with Crippen LogP contribution in [-0.2, 0) is 17.6 Å². The number of hydrogen-bond donors (Lipinski definition) is 1. The van der Waals surface area contributed by atoms with Crippen molar-refractivity contribution in [2.45, 2.75) is 32.5 Å². The van der Waals surface area contributed by atoms with Gasteiger partial charge in [-0.2, -0.15) is 18.3 Å². The molecule has 3 rings (SSSR count). The quantitative estimate of drug-likeness (QED) is 0.584. The molecule has 3 aromatic rings. The van der Waals surface area contributed by atoms with Gasteiger partial charge in [-0.15, -0.1) is 0 Å². The number of aromatic nitrogens is 2. The highest BCUT2D eigenvalue weighted by molar-refractivity contribution is 5.63. The van der Waals surface area contributed by atoms with Crippen LogP contribution in [-0.4, -0.2) is 16.5 Å². The van der Waals surface area contributed by atoms with Crippen LogP contribution in [0.1, 0.15) is 35.1 Å². The fourth-order valence-corrected chi connectivity index (χ4v) is 2.98. The molecule has 2 aromatic carbocycles. The molecule has 1 N–H and O–H groups in total. The lowest BCUT2D eigenvalue weighted by Crippen LogP contribution is -2.04. The van der Waals surface area contributed by atoms with E-state index in [0.717, 1.165) is 35.1 Å². The molecule has 1 aromatic heterocycles. The van der Waals surface area contributed by atoms with Gasteiger partial charge >= 0.3 is 6.18 Å². The van der Waals surface area contributed by atoms with E-state index in [0.29, 0.717) is 17.0 Å². The lowest BCUT2D eigenvalue weighted by atomic mass is 9.97. The van der Waals surface area contributed by atoms with E-state index in [4.69, 9.17) is 4.74 Å². The minimum Gasteiger partial charge on any atom is -0.489 e. The molecular formula is C21H19F3N2O2. The molecule has 0 bridgehead atoms. The molecule has 0 saturated carbocycles. The van der Waals surface area contributed by atoms with Gasteiger partial charge in [-0.25, -0.2) is 0 Å². The van der Waals surface area contributed by atoms with Gasteiger partial charge in [0.25, 0.3) is 0 Å². The van der Waals surface area contributed by atoms with Gasteiger partial charge in [-0.05, 0) is 47.9 Å². The zero-order valence-electron chi connectivity index (χ0n) is 15.4. The first-order chi connectivity index (χ1) is 13.3. The number of alkyl halides is 3. The predicted molar refractivity (Wildman–Crippen MR) is 99.0 cm³/mol. The van der Waals surface area contributed by atoms with E-state index in [1.54, 1.807) is 12.3 Å². The number of carbonyl (C=O) groups is 1. The number of aryl methyl sites for hydroxylation is 1. The number of nitrogens with one attached hydrogen (secondary N) is 1. The van der Waals surface area contributed by atoms with Crippen LogP contribution in [0.25, 0.3) is 11.3 Å². The third-order valence-corrected chi connectivity index (χ3v) is 4.55. The molecule has 0 aliphatic carbocycles. The zero-order valence-corrected chi connectivity index (χ0v) is 15.4. The first-order valence-electron chi connectivity index (χ1n) is 8.68. The second-order valence-corrected chi connectivity index (χ2v) is 6.58. The Morgan fingerprint density at radius 3 is 2.50 bits per heavy atom. The summed E-state index contributed by atoms with van der Waals surface area (Å²) in [5.74, 6) is 0.452. The maximum Gasteiger partial charge on any atom is 0.416 e. The Labute approximate surface area is 160 Å². The van der Waals surface area contributed by atoms with Gasteiger partial charge in [-0.3, -0.25) is 5.10 Å². The number of ether oxygens (including phenoxy) is 1. The summed E-state index contributed by atoms with van der Waals surface area (Å²) in [5.41, 5.74) is 3.12. The first-order valence-corrected chi connectivity index (χ1v) is 8.68. The van der Waals surface area contributed by atoms with Gasteiger partial charge in [0.2, 0.25) is 0 Å². The molecule has 7 heteroatoms. The van der Waals surface area contributed by atoms with Crippen molar-refractivity contribution in [3.8, 4) is 17.0 Å². The van der Waals surface area contributed by atoms with Crippen LogP contribution in [0.4, 0.5) is 13.2 Å². The number of hydrogen-bond acceptors (Lipinski definition) is 3. The number of H-pyrrole nitrogens is 1. The summed E-state index contributed by atoms with van der Waals surface area (Å²) in [6, 6.07) is 10.4. The highest BCUT2D eigenvalue weighted by Crippen LogP contribution is 2.31. The van der Waals surface area contributed by atoms with E-state index < -0.39 is 11.7 Å². The number of aldehydes is 1. The molecule has 1 heterocycles. The van der Waals surface area contributed by atoms with Crippen molar-refractivity contribution in [2.24, 2.45) is 0 Å². The second-order valence-electron chi connectivity index (χ2n) is 6.58. The SMILES string of the molecule is Cc1cc(OCc2cn[nH]c2-c2ccc(C(F)(F)F)cc2)ccc1C(C)C=O. The third kappa shape index (κ3) is 4.24. The Kier molecular flexibility index (Phi) is 5.53. The van der Waals surface area contributed by atoms with Crippen LogP contribution in [0.3, 0.4) is 0 Å². The molecule has 1 atom stereocenters. The first kappa shape index (κ1) is 19.7. The molecule has 0 saturated heterocycles. The van der Waals surface area contributed by atoms with Crippen molar-refractivity contribution in [3.05, 3.63) is 70.9 Å². The van der Waals surface area contributed by atoms with E-state index in [2.05, 4.69) is 10.2 Å². The monoisotopic (exact) mass is 388 g/mol. The summed E-state index contributed by atoms with van der Waals surface area (Å²) in [6.07, 6.45) is -1.89. The molecule has 4 nitrogen and oxygen atoms in total. The molecule has 0 aliphatic heterocycles. The topological polar surface area (TPSA) is 55.0 Å².